The van der Waals surface area contributed by atoms with E-state index < -0.39 is 0 Å². The molecule has 2 aromatic rings. The average molecular weight is 359 g/mol. The summed E-state index contributed by atoms with van der Waals surface area (Å²) in [5, 5.41) is 4.90. The number of piperazine rings is 2. The molecule has 1 atom stereocenters. The minimum Gasteiger partial charge on any atom is -0.460 e. The van der Waals surface area contributed by atoms with Gasteiger partial charge in [-0.05, 0) is 23.6 Å². The van der Waals surface area contributed by atoms with Crippen molar-refractivity contribution in [1.82, 2.24) is 15.1 Å². The van der Waals surface area contributed by atoms with Gasteiger partial charge in [-0.25, -0.2) is 0 Å². The summed E-state index contributed by atoms with van der Waals surface area (Å²) < 4.78 is 5.84. The van der Waals surface area contributed by atoms with Crippen LogP contribution in [0.2, 0.25) is 0 Å². The minimum atomic E-state index is -0.194. The highest BCUT2D eigenvalue weighted by molar-refractivity contribution is 7.13. The monoisotopic (exact) mass is 359 g/mol. The number of nitrogens with one attached hydrogen (secondary N) is 1. The van der Waals surface area contributed by atoms with E-state index in [1.807, 2.05) is 34.5 Å². The van der Waals surface area contributed by atoms with Gasteiger partial charge < -0.3 is 14.6 Å². The van der Waals surface area contributed by atoms with Crippen LogP contribution >= 0.6 is 11.3 Å². The molecule has 2 saturated heterocycles. The zero-order chi connectivity index (χ0) is 17.2. The molecule has 7 heteroatoms. The van der Waals surface area contributed by atoms with E-state index >= 15 is 0 Å². The van der Waals surface area contributed by atoms with Crippen molar-refractivity contribution in [2.45, 2.75) is 18.9 Å². The molecule has 0 spiro atoms. The first-order chi connectivity index (χ1) is 12.2. The summed E-state index contributed by atoms with van der Waals surface area (Å²) >= 11 is 1.64. The van der Waals surface area contributed by atoms with Gasteiger partial charge in [0.25, 0.3) is 0 Å². The SMILES string of the molecule is O=C1NCCN2CCN(C(=O)CCc3ccc(-c4cccs4)o3)CC12. The number of amides is 2. The molecule has 2 aliphatic heterocycles. The first-order valence-corrected chi connectivity index (χ1v) is 9.51. The van der Waals surface area contributed by atoms with Gasteiger partial charge >= 0.3 is 0 Å². The molecular weight excluding hydrogens is 338 g/mol. The molecule has 0 aromatic carbocycles. The fraction of sp³-hybridized carbons (Fsp3) is 0.444. The van der Waals surface area contributed by atoms with Gasteiger partial charge in [-0.1, -0.05) is 6.07 Å². The molecule has 0 aliphatic carbocycles. The third kappa shape index (κ3) is 3.48. The van der Waals surface area contributed by atoms with Crippen LogP contribution in [0.3, 0.4) is 0 Å². The van der Waals surface area contributed by atoms with Crippen molar-refractivity contribution in [3.05, 3.63) is 35.4 Å². The minimum absolute atomic E-state index is 0.0374. The smallest absolute Gasteiger partial charge is 0.239 e. The van der Waals surface area contributed by atoms with Crippen molar-refractivity contribution >= 4 is 23.2 Å². The van der Waals surface area contributed by atoms with Crippen LogP contribution in [0.1, 0.15) is 12.2 Å². The number of nitrogens with zero attached hydrogens (tertiary/aromatic N) is 2. The predicted molar refractivity (Wildman–Crippen MR) is 95.3 cm³/mol. The van der Waals surface area contributed by atoms with Crippen molar-refractivity contribution < 1.29 is 14.0 Å². The van der Waals surface area contributed by atoms with Crippen LogP contribution in [-0.2, 0) is 16.0 Å². The van der Waals surface area contributed by atoms with E-state index in [1.165, 1.54) is 0 Å². The quantitative estimate of drug-likeness (QED) is 0.900. The van der Waals surface area contributed by atoms with Gasteiger partial charge in [0.15, 0.2) is 0 Å². The maximum Gasteiger partial charge on any atom is 0.239 e. The van der Waals surface area contributed by atoms with Gasteiger partial charge in [-0.15, -0.1) is 11.3 Å². The van der Waals surface area contributed by atoms with E-state index in [1.54, 1.807) is 11.3 Å². The second-order valence-electron chi connectivity index (χ2n) is 6.43. The Morgan fingerprint density at radius 3 is 3.04 bits per heavy atom. The number of thiophene rings is 1. The van der Waals surface area contributed by atoms with Crippen LogP contribution in [0, 0.1) is 0 Å². The Labute approximate surface area is 150 Å². The number of aryl methyl sites for hydroxylation is 1. The molecule has 1 unspecified atom stereocenters. The number of hydrogen-bond acceptors (Lipinski definition) is 5. The zero-order valence-electron chi connectivity index (χ0n) is 13.9. The molecule has 2 fully saturated rings. The molecule has 0 saturated carbocycles. The van der Waals surface area contributed by atoms with Crippen LogP contribution in [0.25, 0.3) is 10.6 Å². The maximum atomic E-state index is 12.5. The highest BCUT2D eigenvalue weighted by Crippen LogP contribution is 2.27. The highest BCUT2D eigenvalue weighted by Gasteiger charge is 2.36. The van der Waals surface area contributed by atoms with Gasteiger partial charge in [0.05, 0.1) is 4.88 Å². The largest absolute Gasteiger partial charge is 0.460 e. The van der Waals surface area contributed by atoms with Crippen molar-refractivity contribution in [2.75, 3.05) is 32.7 Å². The summed E-state index contributed by atoms with van der Waals surface area (Å²) in [5.74, 6) is 1.80. The molecule has 0 bridgehead atoms. The summed E-state index contributed by atoms with van der Waals surface area (Å²) in [6, 6.07) is 7.71. The van der Waals surface area contributed by atoms with Crippen molar-refractivity contribution in [1.29, 1.82) is 0 Å². The Morgan fingerprint density at radius 2 is 2.20 bits per heavy atom. The molecule has 2 aromatic heterocycles. The van der Waals surface area contributed by atoms with Gasteiger partial charge in [0, 0.05) is 45.6 Å². The summed E-state index contributed by atoms with van der Waals surface area (Å²) in [6.45, 7) is 3.53. The average Bonchev–Trinajstić information content (AvgIpc) is 3.31. The second-order valence-corrected chi connectivity index (χ2v) is 7.37. The van der Waals surface area contributed by atoms with E-state index in [4.69, 9.17) is 4.42 Å². The molecule has 4 heterocycles. The van der Waals surface area contributed by atoms with E-state index in [0.717, 1.165) is 29.5 Å². The van der Waals surface area contributed by atoms with E-state index in [0.29, 0.717) is 32.5 Å². The molecule has 6 nitrogen and oxygen atoms in total. The first-order valence-electron chi connectivity index (χ1n) is 8.63. The third-order valence-corrected chi connectivity index (χ3v) is 5.74. The molecule has 0 radical (unpaired) electrons. The zero-order valence-corrected chi connectivity index (χ0v) is 14.8. The fourth-order valence-electron chi connectivity index (χ4n) is 3.46. The molecule has 2 amide bonds. The highest BCUT2D eigenvalue weighted by atomic mass is 32.1. The van der Waals surface area contributed by atoms with Crippen LogP contribution in [0.5, 0.6) is 0 Å². The summed E-state index contributed by atoms with van der Waals surface area (Å²) in [5.41, 5.74) is 0. The van der Waals surface area contributed by atoms with Crippen molar-refractivity contribution in [3.63, 3.8) is 0 Å². The second kappa shape index (κ2) is 7.01. The Kier molecular flexibility index (Phi) is 4.59. The van der Waals surface area contributed by atoms with Gasteiger partial charge in [0.1, 0.15) is 17.6 Å². The van der Waals surface area contributed by atoms with Crippen LogP contribution in [-0.4, -0.2) is 60.4 Å². The lowest BCUT2D eigenvalue weighted by Crippen LogP contribution is -2.64. The third-order valence-electron chi connectivity index (χ3n) is 4.86. The standard InChI is InChI=1S/C18H21N3O3S/c22-17(21-10-9-20-8-7-19-18(23)14(20)12-21)6-4-13-3-5-15(24-13)16-2-1-11-25-16/h1-3,5,11,14H,4,6-10,12H2,(H,19,23). The number of carbonyl (C=O) groups is 2. The number of carbonyl (C=O) groups excluding carboxylic acids is 2. The molecule has 2 aliphatic rings. The van der Waals surface area contributed by atoms with E-state index in [-0.39, 0.29) is 17.9 Å². The molecule has 132 valence electrons. The number of rotatable bonds is 4. The van der Waals surface area contributed by atoms with Crippen LogP contribution < -0.4 is 5.32 Å². The van der Waals surface area contributed by atoms with Crippen molar-refractivity contribution in [3.8, 4) is 10.6 Å². The molecule has 4 rings (SSSR count). The first kappa shape index (κ1) is 16.4. The fourth-order valence-corrected chi connectivity index (χ4v) is 4.14. The van der Waals surface area contributed by atoms with Crippen LogP contribution in [0.4, 0.5) is 0 Å². The predicted octanol–water partition coefficient (Wildman–Crippen LogP) is 1.58. The summed E-state index contributed by atoms with van der Waals surface area (Å²) in [6.07, 6.45) is 0.993. The number of hydrogen-bond donors (Lipinski definition) is 1. The Balaban J connectivity index is 1.32. The van der Waals surface area contributed by atoms with E-state index in [9.17, 15) is 9.59 Å². The van der Waals surface area contributed by atoms with Gasteiger partial charge in [0.2, 0.25) is 11.8 Å². The number of fused-ring (bicyclic) bond motifs is 1. The Morgan fingerprint density at radius 1 is 1.28 bits per heavy atom. The lowest BCUT2D eigenvalue weighted by molar-refractivity contribution is -0.140. The summed E-state index contributed by atoms with van der Waals surface area (Å²) in [7, 11) is 0. The normalized spacial score (nSPS) is 21.0. The maximum absolute atomic E-state index is 12.5. The van der Waals surface area contributed by atoms with E-state index in [2.05, 4.69) is 10.2 Å². The molecule has 1 N–H and O–H groups in total. The lowest BCUT2D eigenvalue weighted by atomic mass is 10.1. The Bertz CT molecular complexity index is 755. The van der Waals surface area contributed by atoms with Crippen molar-refractivity contribution in [2.24, 2.45) is 0 Å². The van der Waals surface area contributed by atoms with Gasteiger partial charge in [-0.3, -0.25) is 14.5 Å². The Hall–Kier alpha value is -2.12. The molecule has 25 heavy (non-hydrogen) atoms. The molecular formula is C18H21N3O3S. The summed E-state index contributed by atoms with van der Waals surface area (Å²) in [4.78, 5) is 29.6. The number of furan rings is 1. The van der Waals surface area contributed by atoms with Gasteiger partial charge in [-0.2, -0.15) is 0 Å². The topological polar surface area (TPSA) is 65.8 Å². The lowest BCUT2D eigenvalue weighted by Gasteiger charge is -2.43. The van der Waals surface area contributed by atoms with Crippen LogP contribution in [0.15, 0.2) is 34.1 Å².